The molecule has 0 spiro atoms. The number of aromatic nitrogens is 3. The minimum absolute atomic E-state index is 0.287. The van der Waals surface area contributed by atoms with Crippen LogP contribution in [0.15, 0.2) is 55.1 Å². The first-order chi connectivity index (χ1) is 16.6. The van der Waals surface area contributed by atoms with Gasteiger partial charge in [-0.3, -0.25) is 19.4 Å². The Bertz CT molecular complexity index is 1220. The van der Waals surface area contributed by atoms with Gasteiger partial charge in [-0.05, 0) is 36.6 Å². The third-order valence-electron chi connectivity index (χ3n) is 6.62. The van der Waals surface area contributed by atoms with Gasteiger partial charge in [-0.25, -0.2) is 4.39 Å². The number of carbonyl (C=O) groups is 1. The Balaban J connectivity index is 1.10. The second kappa shape index (κ2) is 8.77. The number of hydrogen-bond acceptors (Lipinski definition) is 5. The molecule has 3 saturated heterocycles. The Morgan fingerprint density at radius 3 is 2.65 bits per heavy atom. The Hall–Kier alpha value is -3.36. The summed E-state index contributed by atoms with van der Waals surface area (Å²) in [6.07, 6.45) is 13.4. The zero-order valence-electron chi connectivity index (χ0n) is 18.7. The van der Waals surface area contributed by atoms with Gasteiger partial charge in [0, 0.05) is 66.9 Å². The van der Waals surface area contributed by atoms with E-state index in [-0.39, 0.29) is 5.91 Å². The van der Waals surface area contributed by atoms with E-state index in [4.69, 9.17) is 4.74 Å². The number of nitrogens with zero attached hydrogens (tertiary/aromatic N) is 4. The van der Waals surface area contributed by atoms with Crippen molar-refractivity contribution in [3.05, 3.63) is 72.1 Å². The molecule has 1 aromatic carbocycles. The number of pyridine rings is 1. The lowest BCUT2D eigenvalue weighted by Gasteiger charge is -2.47. The largest absolute Gasteiger partial charge is 0.372 e. The average molecular weight is 460 g/mol. The number of anilines is 1. The molecule has 2 bridgehead atoms. The Morgan fingerprint density at radius 2 is 1.91 bits per heavy atom. The van der Waals surface area contributed by atoms with Gasteiger partial charge < -0.3 is 10.1 Å². The fraction of sp³-hybridized carbons (Fsp3) is 0.346. The molecule has 7 rings (SSSR count). The molecule has 0 radical (unpaired) electrons. The first kappa shape index (κ1) is 21.2. The molecule has 34 heavy (non-hydrogen) atoms. The summed E-state index contributed by atoms with van der Waals surface area (Å²) >= 11 is 0. The third kappa shape index (κ3) is 4.51. The van der Waals surface area contributed by atoms with E-state index in [0.29, 0.717) is 40.6 Å². The molecule has 174 valence electrons. The number of nitrogens with one attached hydrogen (secondary N) is 1. The highest BCUT2D eigenvalue weighted by molar-refractivity contribution is 6.02. The summed E-state index contributed by atoms with van der Waals surface area (Å²) in [5.41, 5.74) is 3.53. The monoisotopic (exact) mass is 459 g/mol. The number of fused-ring (bicyclic) bond motifs is 2. The number of amides is 1. The van der Waals surface area contributed by atoms with Crippen LogP contribution in [0.1, 0.15) is 36.4 Å². The maximum absolute atomic E-state index is 14.6. The quantitative estimate of drug-likeness (QED) is 0.540. The summed E-state index contributed by atoms with van der Waals surface area (Å²) in [6, 6.07) is 8.29. The number of benzene rings is 1. The minimum Gasteiger partial charge on any atom is -0.372 e. The molecule has 1 N–H and O–H groups in total. The molecule has 3 aliphatic heterocycles. The first-order valence-electron chi connectivity index (χ1n) is 11.7. The van der Waals surface area contributed by atoms with E-state index in [2.05, 4.69) is 20.3 Å². The van der Waals surface area contributed by atoms with Crippen molar-refractivity contribution in [3.8, 4) is 11.1 Å². The van der Waals surface area contributed by atoms with E-state index < -0.39 is 5.82 Å². The molecular formula is C26H26FN5O2. The van der Waals surface area contributed by atoms with E-state index in [0.717, 1.165) is 32.5 Å². The van der Waals surface area contributed by atoms with Gasteiger partial charge >= 0.3 is 0 Å². The fourth-order valence-electron chi connectivity index (χ4n) is 4.76. The zero-order chi connectivity index (χ0) is 23.1. The maximum atomic E-state index is 14.6. The molecule has 2 atom stereocenters. The molecule has 4 aliphatic rings. The van der Waals surface area contributed by atoms with E-state index in [1.807, 2.05) is 35.1 Å². The molecule has 1 amide bonds. The van der Waals surface area contributed by atoms with Gasteiger partial charge in [-0.2, -0.15) is 5.10 Å². The van der Waals surface area contributed by atoms with Gasteiger partial charge in [0.15, 0.2) is 0 Å². The molecule has 3 aromatic rings. The van der Waals surface area contributed by atoms with Crippen molar-refractivity contribution in [1.29, 1.82) is 0 Å². The molecule has 1 aliphatic carbocycles. The van der Waals surface area contributed by atoms with Crippen LogP contribution in [0, 0.1) is 5.82 Å². The Kier molecular flexibility index (Phi) is 5.47. The molecule has 2 aromatic heterocycles. The van der Waals surface area contributed by atoms with Gasteiger partial charge in [-0.15, -0.1) is 0 Å². The SMILES string of the molecule is O=C(/C=C/c1cncc(F)c1-c1cnn(C2CC2)c1)Nc1ccc(CN2CC3CC(C2)O3)cc1. The van der Waals surface area contributed by atoms with Gasteiger partial charge in [0.05, 0.1) is 30.6 Å². The normalized spacial score (nSPS) is 22.0. The highest BCUT2D eigenvalue weighted by Crippen LogP contribution is 2.36. The standard InChI is InChI=1S/C26H26FN5O2/c27-24-12-28-10-18(26(24)19-11-29-32(14-19)21-6-7-21)3-8-25(33)30-20-4-1-17(2-5-20)13-31-15-22-9-23(16-31)34-22/h1-5,8,10-12,14,21-23H,6-7,9,13,15-16H2,(H,30,33)/b8-3+. The first-order valence-corrected chi connectivity index (χ1v) is 11.7. The van der Waals surface area contributed by atoms with Crippen molar-refractivity contribution >= 4 is 17.7 Å². The molecule has 5 heterocycles. The van der Waals surface area contributed by atoms with Gasteiger partial charge in [-0.1, -0.05) is 12.1 Å². The summed E-state index contributed by atoms with van der Waals surface area (Å²) < 4.78 is 22.2. The number of morpholine rings is 1. The topological polar surface area (TPSA) is 72.3 Å². The summed E-state index contributed by atoms with van der Waals surface area (Å²) in [5, 5.41) is 7.22. The predicted molar refractivity (Wildman–Crippen MR) is 126 cm³/mol. The number of hydrogen-bond donors (Lipinski definition) is 1. The lowest BCUT2D eigenvalue weighted by atomic mass is 9.98. The van der Waals surface area contributed by atoms with Crippen molar-refractivity contribution in [3.63, 3.8) is 0 Å². The molecule has 7 nitrogen and oxygen atoms in total. The van der Waals surface area contributed by atoms with Crippen molar-refractivity contribution in [2.45, 2.75) is 44.1 Å². The number of ether oxygens (including phenoxy) is 1. The second-order valence-electron chi connectivity index (χ2n) is 9.36. The molecule has 4 fully saturated rings. The van der Waals surface area contributed by atoms with Crippen molar-refractivity contribution < 1.29 is 13.9 Å². The number of halogens is 1. The Morgan fingerprint density at radius 1 is 1.15 bits per heavy atom. The summed E-state index contributed by atoms with van der Waals surface area (Å²) in [5.74, 6) is -0.726. The zero-order valence-corrected chi connectivity index (χ0v) is 18.7. The van der Waals surface area contributed by atoms with Crippen LogP contribution in [0.3, 0.4) is 0 Å². The summed E-state index contributed by atoms with van der Waals surface area (Å²) in [7, 11) is 0. The summed E-state index contributed by atoms with van der Waals surface area (Å²) in [4.78, 5) is 18.9. The van der Waals surface area contributed by atoms with Crippen LogP contribution < -0.4 is 5.32 Å². The molecule has 1 saturated carbocycles. The fourth-order valence-corrected chi connectivity index (χ4v) is 4.76. The lowest BCUT2D eigenvalue weighted by Crippen LogP contribution is -2.56. The Labute approximate surface area is 197 Å². The lowest BCUT2D eigenvalue weighted by molar-refractivity contribution is -0.182. The number of rotatable bonds is 7. The van der Waals surface area contributed by atoms with Crippen LogP contribution in [0.4, 0.5) is 10.1 Å². The van der Waals surface area contributed by atoms with E-state index in [1.54, 1.807) is 18.5 Å². The van der Waals surface area contributed by atoms with Crippen LogP contribution in [0.25, 0.3) is 17.2 Å². The van der Waals surface area contributed by atoms with E-state index in [9.17, 15) is 9.18 Å². The predicted octanol–water partition coefficient (Wildman–Crippen LogP) is 4.04. The smallest absolute Gasteiger partial charge is 0.248 e. The van der Waals surface area contributed by atoms with Crippen molar-refractivity contribution in [1.82, 2.24) is 19.7 Å². The van der Waals surface area contributed by atoms with Gasteiger partial charge in [0.2, 0.25) is 5.91 Å². The van der Waals surface area contributed by atoms with E-state index >= 15 is 0 Å². The number of carbonyl (C=O) groups excluding carboxylic acids is 1. The highest BCUT2D eigenvalue weighted by Gasteiger charge is 2.37. The van der Waals surface area contributed by atoms with Gasteiger partial charge in [0.1, 0.15) is 5.82 Å². The third-order valence-corrected chi connectivity index (χ3v) is 6.62. The minimum atomic E-state index is -0.439. The number of piperidine rings is 1. The van der Waals surface area contributed by atoms with Gasteiger partial charge in [0.25, 0.3) is 0 Å². The second-order valence-corrected chi connectivity index (χ2v) is 9.36. The van der Waals surface area contributed by atoms with Crippen molar-refractivity contribution in [2.24, 2.45) is 0 Å². The molecule has 8 heteroatoms. The molecular weight excluding hydrogens is 433 g/mol. The highest BCUT2D eigenvalue weighted by atomic mass is 19.1. The summed E-state index contributed by atoms with van der Waals surface area (Å²) in [6.45, 7) is 2.85. The molecule has 2 unspecified atom stereocenters. The maximum Gasteiger partial charge on any atom is 0.248 e. The van der Waals surface area contributed by atoms with Crippen LogP contribution in [0.5, 0.6) is 0 Å². The van der Waals surface area contributed by atoms with E-state index in [1.165, 1.54) is 24.3 Å². The van der Waals surface area contributed by atoms with Crippen LogP contribution >= 0.6 is 0 Å². The van der Waals surface area contributed by atoms with Crippen LogP contribution in [-0.4, -0.2) is 50.9 Å². The van der Waals surface area contributed by atoms with Crippen LogP contribution in [-0.2, 0) is 16.1 Å². The van der Waals surface area contributed by atoms with Crippen molar-refractivity contribution in [2.75, 3.05) is 18.4 Å². The van der Waals surface area contributed by atoms with Crippen LogP contribution in [0.2, 0.25) is 0 Å². The average Bonchev–Trinajstić information content (AvgIpc) is 3.56.